The van der Waals surface area contributed by atoms with Gasteiger partial charge in [0.1, 0.15) is 0 Å². The van der Waals surface area contributed by atoms with Crippen LogP contribution in [-0.4, -0.2) is 36.2 Å². The zero-order valence-corrected chi connectivity index (χ0v) is 17.4. The van der Waals surface area contributed by atoms with E-state index in [1.807, 2.05) is 18.2 Å². The summed E-state index contributed by atoms with van der Waals surface area (Å²) >= 11 is 0. The lowest BCUT2D eigenvalue weighted by Gasteiger charge is -2.43. The van der Waals surface area contributed by atoms with E-state index in [0.29, 0.717) is 12.1 Å². The molecule has 0 radical (unpaired) electrons. The van der Waals surface area contributed by atoms with Crippen molar-refractivity contribution in [1.29, 1.82) is 0 Å². The minimum atomic E-state index is -0.920. The Kier molecular flexibility index (Phi) is 6.89. The first kappa shape index (κ1) is 20.8. The molecule has 0 spiro atoms. The van der Waals surface area contributed by atoms with E-state index in [0.717, 1.165) is 24.2 Å². The van der Waals surface area contributed by atoms with Gasteiger partial charge in [-0.15, -0.1) is 0 Å². The number of fused-ring (bicyclic) bond motifs is 1. The first-order chi connectivity index (χ1) is 12.7. The largest absolute Gasteiger partial charge is 0.478 e. The average Bonchev–Trinajstić information content (AvgIpc) is 2.59. The third-order valence-electron chi connectivity index (χ3n) is 4.93. The molecule has 0 atom stereocenters. The molecule has 0 bridgehead atoms. The van der Waals surface area contributed by atoms with Gasteiger partial charge in [-0.3, -0.25) is 0 Å². The molecule has 0 aliphatic carbocycles. The number of rotatable bonds is 6. The van der Waals surface area contributed by atoms with Crippen molar-refractivity contribution in [3.05, 3.63) is 53.6 Å². The molecule has 0 unspecified atom stereocenters. The van der Waals surface area contributed by atoms with Gasteiger partial charge in [0.2, 0.25) is 0 Å². The van der Waals surface area contributed by atoms with Crippen LogP contribution in [0.15, 0.2) is 48.1 Å². The molecular weight excluding hydrogens is 336 g/mol. The maximum atomic E-state index is 10.7. The average molecular weight is 369 g/mol. The van der Waals surface area contributed by atoms with Crippen LogP contribution >= 0.6 is 0 Å². The summed E-state index contributed by atoms with van der Waals surface area (Å²) < 4.78 is 0. The number of aliphatic carboxylic acids is 1. The van der Waals surface area contributed by atoms with E-state index >= 15 is 0 Å². The van der Waals surface area contributed by atoms with Gasteiger partial charge < -0.3 is 14.9 Å². The third-order valence-corrected chi connectivity index (χ3v) is 4.93. The molecule has 0 saturated carbocycles. The molecule has 2 rings (SSSR count). The van der Waals surface area contributed by atoms with Gasteiger partial charge in [-0.1, -0.05) is 24.3 Å². The topological polar surface area (TPSA) is 43.8 Å². The van der Waals surface area contributed by atoms with Crippen LogP contribution in [-0.2, 0) is 4.79 Å². The second-order valence-corrected chi connectivity index (χ2v) is 7.71. The summed E-state index contributed by atoms with van der Waals surface area (Å²) in [5.74, 6) is -0.920. The predicted octanol–water partition coefficient (Wildman–Crippen LogP) is 5.12. The second kappa shape index (κ2) is 8.94. The first-order valence-electron chi connectivity index (χ1n) is 9.64. The van der Waals surface area contributed by atoms with Crippen molar-refractivity contribution in [2.45, 2.75) is 53.6 Å². The van der Waals surface area contributed by atoms with Crippen LogP contribution in [0.3, 0.4) is 0 Å². The predicted molar refractivity (Wildman–Crippen MR) is 116 cm³/mol. The number of hydrogen-bond acceptors (Lipinski definition) is 3. The van der Waals surface area contributed by atoms with Crippen LogP contribution in [0.4, 0.5) is 11.4 Å². The monoisotopic (exact) mass is 368 g/mol. The number of carboxylic acids is 1. The summed E-state index contributed by atoms with van der Waals surface area (Å²) in [5.41, 5.74) is 5.66. The molecule has 1 N–H and O–H groups in total. The van der Waals surface area contributed by atoms with E-state index in [1.54, 1.807) is 6.92 Å². The molecule has 0 aromatic heterocycles. The minimum absolute atomic E-state index is 0.460. The summed E-state index contributed by atoms with van der Waals surface area (Å²) in [4.78, 5) is 15.6. The van der Waals surface area contributed by atoms with Crippen LogP contribution in [0.5, 0.6) is 0 Å². The fraction of sp³-hybridized carbons (Fsp3) is 0.435. The lowest BCUT2D eigenvalue weighted by molar-refractivity contribution is -0.131. The molecule has 4 heteroatoms. The Hall–Kier alpha value is -2.49. The number of benzene rings is 1. The Bertz CT molecular complexity index is 773. The lowest BCUT2D eigenvalue weighted by atomic mass is 10.0. The standard InChI is InChI=1S/C23H32N2O2/c1-16(2)24-12-13-25(17(3)4)22-15-20(10-11-21(22)24)19(6)9-7-8-18(5)14-23(26)27/h7-11,14-17H,12-13H2,1-6H3,(H,26,27). The van der Waals surface area contributed by atoms with Gasteiger partial charge in [-0.2, -0.15) is 0 Å². The number of anilines is 2. The summed E-state index contributed by atoms with van der Waals surface area (Å²) in [6, 6.07) is 7.63. The van der Waals surface area contributed by atoms with Gasteiger partial charge in [-0.05, 0) is 70.4 Å². The van der Waals surface area contributed by atoms with Crippen LogP contribution in [0.25, 0.3) is 5.57 Å². The number of hydrogen-bond donors (Lipinski definition) is 1. The van der Waals surface area contributed by atoms with Crippen molar-refractivity contribution in [2.75, 3.05) is 22.9 Å². The quantitative estimate of drug-likeness (QED) is 0.559. The maximum Gasteiger partial charge on any atom is 0.328 e. The Morgan fingerprint density at radius 2 is 1.63 bits per heavy atom. The van der Waals surface area contributed by atoms with Crippen molar-refractivity contribution in [3.63, 3.8) is 0 Å². The van der Waals surface area contributed by atoms with E-state index in [-0.39, 0.29) is 0 Å². The van der Waals surface area contributed by atoms with E-state index in [1.165, 1.54) is 23.0 Å². The molecule has 1 aromatic rings. The minimum Gasteiger partial charge on any atom is -0.478 e. The zero-order chi connectivity index (χ0) is 20.1. The van der Waals surface area contributed by atoms with Gasteiger partial charge in [0.25, 0.3) is 0 Å². The molecule has 0 saturated heterocycles. The molecular formula is C23H32N2O2. The Balaban J connectivity index is 2.34. The summed E-state index contributed by atoms with van der Waals surface area (Å²) in [7, 11) is 0. The summed E-state index contributed by atoms with van der Waals surface area (Å²) in [6.07, 6.45) is 6.96. The molecule has 27 heavy (non-hydrogen) atoms. The second-order valence-electron chi connectivity index (χ2n) is 7.71. The van der Waals surface area contributed by atoms with Gasteiger partial charge in [0.15, 0.2) is 0 Å². The van der Waals surface area contributed by atoms with Crippen LogP contribution in [0.1, 0.15) is 47.1 Å². The van der Waals surface area contributed by atoms with E-state index < -0.39 is 5.97 Å². The Labute approximate surface area is 163 Å². The van der Waals surface area contributed by atoms with Gasteiger partial charge in [0, 0.05) is 31.2 Å². The molecule has 4 nitrogen and oxygen atoms in total. The fourth-order valence-electron chi connectivity index (χ4n) is 3.45. The molecule has 1 heterocycles. The number of nitrogens with zero attached hydrogens (tertiary/aromatic N) is 2. The number of carbonyl (C=O) groups is 1. The molecule has 146 valence electrons. The molecule has 1 aliphatic rings. The maximum absolute atomic E-state index is 10.7. The molecule has 1 aliphatic heterocycles. The van der Waals surface area contributed by atoms with E-state index in [4.69, 9.17) is 5.11 Å². The summed E-state index contributed by atoms with van der Waals surface area (Å²) in [5, 5.41) is 8.78. The molecule has 0 fully saturated rings. The molecule has 0 amide bonds. The van der Waals surface area contributed by atoms with Gasteiger partial charge in [-0.25, -0.2) is 4.79 Å². The number of carboxylic acid groups (broad SMARTS) is 1. The lowest BCUT2D eigenvalue weighted by Crippen LogP contribution is -2.46. The van der Waals surface area contributed by atoms with Crippen molar-refractivity contribution in [2.24, 2.45) is 0 Å². The Morgan fingerprint density at radius 1 is 1.04 bits per heavy atom. The van der Waals surface area contributed by atoms with Gasteiger partial charge >= 0.3 is 5.97 Å². The third kappa shape index (κ3) is 5.25. The molecule has 1 aromatic carbocycles. The Morgan fingerprint density at radius 3 is 2.19 bits per heavy atom. The van der Waals surface area contributed by atoms with Crippen molar-refractivity contribution in [3.8, 4) is 0 Å². The zero-order valence-electron chi connectivity index (χ0n) is 17.4. The highest BCUT2D eigenvalue weighted by Gasteiger charge is 2.25. The number of allylic oxidation sites excluding steroid dienone is 5. The smallest absolute Gasteiger partial charge is 0.328 e. The van der Waals surface area contributed by atoms with Crippen LogP contribution in [0.2, 0.25) is 0 Å². The highest BCUT2D eigenvalue weighted by Crippen LogP contribution is 2.37. The van der Waals surface area contributed by atoms with E-state index in [9.17, 15) is 4.79 Å². The highest BCUT2D eigenvalue weighted by molar-refractivity contribution is 5.81. The first-order valence-corrected chi connectivity index (χ1v) is 9.64. The SMILES string of the molecule is CC(C=CC=C(C)c1ccc2c(c1)N(C(C)C)CCN2C(C)C)=CC(=O)O. The summed E-state index contributed by atoms with van der Waals surface area (Å²) in [6.45, 7) is 14.9. The fourth-order valence-corrected chi connectivity index (χ4v) is 3.45. The van der Waals surface area contributed by atoms with Crippen molar-refractivity contribution < 1.29 is 9.90 Å². The van der Waals surface area contributed by atoms with Crippen molar-refractivity contribution >= 4 is 22.9 Å². The van der Waals surface area contributed by atoms with E-state index in [2.05, 4.69) is 62.6 Å². The highest BCUT2D eigenvalue weighted by atomic mass is 16.4. The normalized spacial score (nSPS) is 15.9. The van der Waals surface area contributed by atoms with Crippen molar-refractivity contribution in [1.82, 2.24) is 0 Å². The van der Waals surface area contributed by atoms with Gasteiger partial charge in [0.05, 0.1) is 11.4 Å². The van der Waals surface area contributed by atoms with Crippen LogP contribution in [0, 0.1) is 0 Å². The van der Waals surface area contributed by atoms with Crippen LogP contribution < -0.4 is 9.80 Å².